The van der Waals surface area contributed by atoms with Gasteiger partial charge in [0.1, 0.15) is 5.76 Å². The van der Waals surface area contributed by atoms with Crippen molar-refractivity contribution in [2.75, 3.05) is 6.26 Å². The summed E-state index contributed by atoms with van der Waals surface area (Å²) in [7, 11) is 0. The molecular formula is C6H8N2O2S. The molecule has 4 nitrogen and oxygen atoms in total. The van der Waals surface area contributed by atoms with Crippen LogP contribution in [0.15, 0.2) is 10.6 Å². The van der Waals surface area contributed by atoms with Gasteiger partial charge in [-0.15, -0.1) is 0 Å². The van der Waals surface area contributed by atoms with Gasteiger partial charge >= 0.3 is 0 Å². The maximum atomic E-state index is 10.5. The van der Waals surface area contributed by atoms with Crippen molar-refractivity contribution in [3.8, 4) is 0 Å². The second-order valence-corrected chi connectivity index (χ2v) is 2.84. The molecule has 11 heavy (non-hydrogen) atoms. The Morgan fingerprint density at radius 2 is 2.64 bits per heavy atom. The molecule has 0 fully saturated rings. The SMILES string of the molecule is CSCc1cc(C(N)=O)no1. The smallest absolute Gasteiger partial charge is 0.270 e. The van der Waals surface area contributed by atoms with E-state index in [-0.39, 0.29) is 5.69 Å². The van der Waals surface area contributed by atoms with E-state index in [2.05, 4.69) is 5.16 Å². The lowest BCUT2D eigenvalue weighted by Gasteiger charge is -1.84. The Hall–Kier alpha value is -0.970. The van der Waals surface area contributed by atoms with Gasteiger partial charge in [0.05, 0.1) is 5.75 Å². The van der Waals surface area contributed by atoms with E-state index in [1.54, 1.807) is 17.8 Å². The molecule has 60 valence electrons. The molecule has 0 radical (unpaired) electrons. The zero-order valence-corrected chi connectivity index (χ0v) is 6.85. The van der Waals surface area contributed by atoms with Crippen LogP contribution < -0.4 is 5.73 Å². The zero-order valence-electron chi connectivity index (χ0n) is 6.03. The highest BCUT2D eigenvalue weighted by molar-refractivity contribution is 7.97. The summed E-state index contributed by atoms with van der Waals surface area (Å²) in [6, 6.07) is 1.55. The summed E-state index contributed by atoms with van der Waals surface area (Å²) in [6.07, 6.45) is 1.94. The number of hydrogen-bond acceptors (Lipinski definition) is 4. The van der Waals surface area contributed by atoms with Gasteiger partial charge in [-0.25, -0.2) is 0 Å². The van der Waals surface area contributed by atoms with Gasteiger partial charge in [-0.2, -0.15) is 11.8 Å². The Morgan fingerprint density at radius 3 is 3.09 bits per heavy atom. The van der Waals surface area contributed by atoms with Crippen LogP contribution in [0.1, 0.15) is 16.2 Å². The van der Waals surface area contributed by atoms with Gasteiger partial charge in [0.25, 0.3) is 5.91 Å². The molecule has 1 amide bonds. The molecular weight excluding hydrogens is 164 g/mol. The number of rotatable bonds is 3. The van der Waals surface area contributed by atoms with E-state index >= 15 is 0 Å². The molecule has 0 atom stereocenters. The molecule has 0 bridgehead atoms. The quantitative estimate of drug-likeness (QED) is 0.726. The molecule has 5 heteroatoms. The first-order valence-electron chi connectivity index (χ1n) is 2.98. The van der Waals surface area contributed by atoms with Crippen molar-refractivity contribution >= 4 is 17.7 Å². The highest BCUT2D eigenvalue weighted by atomic mass is 32.2. The Labute approximate surface area is 68.1 Å². The zero-order chi connectivity index (χ0) is 8.27. The van der Waals surface area contributed by atoms with Gasteiger partial charge in [0.15, 0.2) is 5.69 Å². The molecule has 1 rings (SSSR count). The van der Waals surface area contributed by atoms with Crippen molar-refractivity contribution in [1.82, 2.24) is 5.16 Å². The van der Waals surface area contributed by atoms with E-state index in [9.17, 15) is 4.79 Å². The summed E-state index contributed by atoms with van der Waals surface area (Å²) >= 11 is 1.59. The fraction of sp³-hybridized carbons (Fsp3) is 0.333. The highest BCUT2D eigenvalue weighted by Crippen LogP contribution is 2.09. The molecule has 0 aliphatic heterocycles. The van der Waals surface area contributed by atoms with Crippen LogP contribution in [0, 0.1) is 0 Å². The minimum Gasteiger partial charge on any atom is -0.364 e. The Kier molecular flexibility index (Phi) is 2.53. The Bertz CT molecular complexity index is 259. The van der Waals surface area contributed by atoms with E-state index in [1.807, 2.05) is 6.26 Å². The molecule has 0 saturated heterocycles. The summed E-state index contributed by atoms with van der Waals surface area (Å²) in [5.74, 6) is 0.827. The summed E-state index contributed by atoms with van der Waals surface area (Å²) in [6.45, 7) is 0. The number of nitrogens with zero attached hydrogens (tertiary/aromatic N) is 1. The standard InChI is InChI=1S/C6H8N2O2S/c1-11-3-4-2-5(6(7)9)8-10-4/h2H,3H2,1H3,(H2,7,9). The number of carbonyl (C=O) groups excluding carboxylic acids is 1. The Morgan fingerprint density at radius 1 is 1.91 bits per heavy atom. The summed E-state index contributed by atoms with van der Waals surface area (Å²) < 4.78 is 4.79. The lowest BCUT2D eigenvalue weighted by atomic mass is 10.4. The van der Waals surface area contributed by atoms with Gasteiger partial charge in [-0.1, -0.05) is 5.16 Å². The fourth-order valence-electron chi connectivity index (χ4n) is 0.639. The van der Waals surface area contributed by atoms with Crippen LogP contribution in [0.5, 0.6) is 0 Å². The molecule has 1 aromatic heterocycles. The largest absolute Gasteiger partial charge is 0.364 e. The van der Waals surface area contributed by atoms with Crippen LogP contribution in [-0.2, 0) is 5.75 Å². The van der Waals surface area contributed by atoms with Crippen LogP contribution in [-0.4, -0.2) is 17.3 Å². The topological polar surface area (TPSA) is 69.1 Å². The van der Waals surface area contributed by atoms with Crippen molar-refractivity contribution in [2.24, 2.45) is 5.73 Å². The molecule has 1 heterocycles. The maximum Gasteiger partial charge on any atom is 0.270 e. The summed E-state index contributed by atoms with van der Waals surface area (Å²) in [5.41, 5.74) is 5.14. The number of nitrogens with two attached hydrogens (primary N) is 1. The fourth-order valence-corrected chi connectivity index (χ4v) is 1.06. The number of hydrogen-bond donors (Lipinski definition) is 1. The minimum atomic E-state index is -0.555. The monoisotopic (exact) mass is 172 g/mol. The second kappa shape index (κ2) is 3.43. The lowest BCUT2D eigenvalue weighted by molar-refractivity contribution is 0.0991. The number of thioether (sulfide) groups is 1. The number of aromatic nitrogens is 1. The van der Waals surface area contributed by atoms with E-state index in [0.29, 0.717) is 11.5 Å². The molecule has 0 aromatic carbocycles. The van der Waals surface area contributed by atoms with Crippen molar-refractivity contribution < 1.29 is 9.32 Å². The van der Waals surface area contributed by atoms with Crippen molar-refractivity contribution in [1.29, 1.82) is 0 Å². The molecule has 0 saturated carbocycles. The third-order valence-corrected chi connectivity index (χ3v) is 1.67. The van der Waals surface area contributed by atoms with E-state index < -0.39 is 5.91 Å². The third kappa shape index (κ3) is 1.98. The van der Waals surface area contributed by atoms with E-state index in [0.717, 1.165) is 0 Å². The van der Waals surface area contributed by atoms with Gasteiger partial charge in [0, 0.05) is 6.07 Å². The molecule has 1 aromatic rings. The normalized spacial score (nSPS) is 9.91. The average molecular weight is 172 g/mol. The predicted molar refractivity (Wildman–Crippen MR) is 42.2 cm³/mol. The van der Waals surface area contributed by atoms with E-state index in [4.69, 9.17) is 10.3 Å². The predicted octanol–water partition coefficient (Wildman–Crippen LogP) is 0.637. The van der Waals surface area contributed by atoms with Crippen LogP contribution in [0.3, 0.4) is 0 Å². The first-order chi connectivity index (χ1) is 5.24. The summed E-state index contributed by atoms with van der Waals surface area (Å²) in [4.78, 5) is 10.5. The molecule has 0 aliphatic carbocycles. The number of primary amides is 1. The van der Waals surface area contributed by atoms with Crippen molar-refractivity contribution in [3.05, 3.63) is 17.5 Å². The van der Waals surface area contributed by atoms with Gasteiger partial charge in [-0.3, -0.25) is 4.79 Å². The lowest BCUT2D eigenvalue weighted by Crippen LogP contribution is -2.10. The van der Waals surface area contributed by atoms with Gasteiger partial charge in [0.2, 0.25) is 0 Å². The molecule has 0 aliphatic rings. The highest BCUT2D eigenvalue weighted by Gasteiger charge is 2.07. The van der Waals surface area contributed by atoms with E-state index in [1.165, 1.54) is 0 Å². The minimum absolute atomic E-state index is 0.189. The van der Waals surface area contributed by atoms with Crippen LogP contribution in [0.25, 0.3) is 0 Å². The molecule has 0 spiro atoms. The molecule has 2 N–H and O–H groups in total. The van der Waals surface area contributed by atoms with Crippen molar-refractivity contribution in [2.45, 2.75) is 5.75 Å². The van der Waals surface area contributed by atoms with Crippen molar-refractivity contribution in [3.63, 3.8) is 0 Å². The number of amides is 1. The van der Waals surface area contributed by atoms with Gasteiger partial charge < -0.3 is 10.3 Å². The first kappa shape index (κ1) is 8.13. The third-order valence-electron chi connectivity index (χ3n) is 1.10. The average Bonchev–Trinajstić information content (AvgIpc) is 2.37. The van der Waals surface area contributed by atoms with Crippen LogP contribution in [0.2, 0.25) is 0 Å². The van der Waals surface area contributed by atoms with Crippen LogP contribution >= 0.6 is 11.8 Å². The first-order valence-corrected chi connectivity index (χ1v) is 4.37. The molecule has 0 unspecified atom stereocenters. The maximum absolute atomic E-state index is 10.5. The second-order valence-electron chi connectivity index (χ2n) is 1.98. The number of carbonyl (C=O) groups is 1. The van der Waals surface area contributed by atoms with Crippen LogP contribution in [0.4, 0.5) is 0 Å². The van der Waals surface area contributed by atoms with Gasteiger partial charge in [-0.05, 0) is 6.26 Å². The summed E-state index contributed by atoms with van der Waals surface area (Å²) in [5, 5.41) is 3.47. The Balaban J connectivity index is 2.73.